The van der Waals surface area contributed by atoms with E-state index in [1.165, 1.54) is 16.3 Å². The number of carbonyl (C=O) groups is 1. The summed E-state index contributed by atoms with van der Waals surface area (Å²) in [6.45, 7) is 0.726. The molecule has 0 bridgehead atoms. The van der Waals surface area contributed by atoms with Gasteiger partial charge in [-0.2, -0.15) is 10.2 Å². The summed E-state index contributed by atoms with van der Waals surface area (Å²) in [4.78, 5) is 34.4. The number of nitrogens with two attached hydrogens (primary N) is 1. The number of carbonyl (C=O) groups excluding carboxylic acids is 1. The van der Waals surface area contributed by atoms with Crippen molar-refractivity contribution in [2.24, 2.45) is 5.73 Å². The Morgan fingerprint density at radius 1 is 1.24 bits per heavy atom. The van der Waals surface area contributed by atoms with Gasteiger partial charge in [0.15, 0.2) is 10.6 Å². The molecular formula is C24H16BrN5O3S. The topological polar surface area (TPSA) is 114 Å². The highest BCUT2D eigenvalue weighted by atomic mass is 79.9. The van der Waals surface area contributed by atoms with Crippen LogP contribution >= 0.6 is 27.7 Å². The second-order valence-electron chi connectivity index (χ2n) is 8.12. The number of thioether (sulfide) groups is 1. The standard InChI is InChI=1S/C24H16BrN5O3S/c25-14-6-7-17-15(10-14)24(22(32)30(17)12-13-4-2-1-3-5-13)16(11-26)19(27)33-20-18(24)21(31)29-8-9-34-23(29)28-20/h1-7,10H,8-9,12,27H2. The van der Waals surface area contributed by atoms with E-state index in [4.69, 9.17) is 10.5 Å². The SMILES string of the molecule is N#CC1=C(N)Oc2nc3n(c(=O)c2C12C(=O)N(Cc1ccccc1)c1ccc(Br)cc12)CCS3. The highest BCUT2D eigenvalue weighted by molar-refractivity contribution is 9.10. The van der Waals surface area contributed by atoms with Gasteiger partial charge in [-0.15, -0.1) is 0 Å². The summed E-state index contributed by atoms with van der Waals surface area (Å²) >= 11 is 4.93. The number of fused-ring (bicyclic) bond motifs is 5. The number of hydrogen-bond acceptors (Lipinski definition) is 7. The van der Waals surface area contributed by atoms with Gasteiger partial charge in [0.05, 0.1) is 6.54 Å². The molecule has 3 aliphatic heterocycles. The van der Waals surface area contributed by atoms with Crippen LogP contribution in [0.5, 0.6) is 5.88 Å². The van der Waals surface area contributed by atoms with Gasteiger partial charge in [-0.05, 0) is 23.8 Å². The van der Waals surface area contributed by atoms with Gasteiger partial charge in [-0.3, -0.25) is 14.2 Å². The number of halogens is 1. The Hall–Kier alpha value is -3.55. The third-order valence-electron chi connectivity index (χ3n) is 6.36. The lowest BCUT2D eigenvalue weighted by atomic mass is 9.69. The van der Waals surface area contributed by atoms with Gasteiger partial charge >= 0.3 is 0 Å². The first-order valence-corrected chi connectivity index (χ1v) is 12.3. The van der Waals surface area contributed by atoms with E-state index in [1.54, 1.807) is 11.0 Å². The maximum Gasteiger partial charge on any atom is 0.263 e. The average molecular weight is 534 g/mol. The van der Waals surface area contributed by atoms with Gasteiger partial charge in [-0.1, -0.05) is 58.0 Å². The maximum atomic E-state index is 14.4. The van der Waals surface area contributed by atoms with Crippen LogP contribution < -0.4 is 20.9 Å². The molecule has 2 aromatic carbocycles. The van der Waals surface area contributed by atoms with Crippen LogP contribution in [-0.4, -0.2) is 21.2 Å². The number of amides is 1. The minimum absolute atomic E-state index is 0.0250. The molecule has 8 nitrogen and oxygen atoms in total. The van der Waals surface area contributed by atoms with E-state index < -0.39 is 16.9 Å². The van der Waals surface area contributed by atoms with Crippen molar-refractivity contribution in [1.29, 1.82) is 5.26 Å². The molecule has 1 aromatic heterocycles. The van der Waals surface area contributed by atoms with Crippen LogP contribution in [0.15, 0.2) is 74.4 Å². The molecule has 1 spiro atoms. The van der Waals surface area contributed by atoms with Crippen molar-refractivity contribution in [2.45, 2.75) is 23.7 Å². The van der Waals surface area contributed by atoms with Crippen molar-refractivity contribution in [3.05, 3.63) is 91.5 Å². The molecule has 1 atom stereocenters. The van der Waals surface area contributed by atoms with E-state index in [0.29, 0.717) is 33.2 Å². The second kappa shape index (κ2) is 7.48. The van der Waals surface area contributed by atoms with E-state index >= 15 is 0 Å². The number of rotatable bonds is 2. The van der Waals surface area contributed by atoms with Crippen LogP contribution in [0, 0.1) is 11.3 Å². The molecular weight excluding hydrogens is 518 g/mol. The molecule has 0 saturated heterocycles. The zero-order chi connectivity index (χ0) is 23.6. The molecule has 0 fully saturated rings. The van der Waals surface area contributed by atoms with Crippen LogP contribution in [-0.2, 0) is 23.3 Å². The summed E-state index contributed by atoms with van der Waals surface area (Å²) in [6.07, 6.45) is 0. The van der Waals surface area contributed by atoms with Gasteiger partial charge in [0, 0.05) is 28.0 Å². The Labute approximate surface area is 206 Å². The highest BCUT2D eigenvalue weighted by Gasteiger charge is 2.61. The number of aromatic nitrogens is 2. The quantitative estimate of drug-likeness (QED) is 0.503. The number of benzene rings is 2. The molecule has 0 radical (unpaired) electrons. The Balaban J connectivity index is 1.69. The number of hydrogen-bond donors (Lipinski definition) is 1. The van der Waals surface area contributed by atoms with E-state index in [-0.39, 0.29) is 29.4 Å². The summed E-state index contributed by atoms with van der Waals surface area (Å²) in [7, 11) is 0. The summed E-state index contributed by atoms with van der Waals surface area (Å²) in [5.41, 5.74) is 5.99. The molecule has 34 heavy (non-hydrogen) atoms. The van der Waals surface area contributed by atoms with Gasteiger partial charge in [0.25, 0.3) is 5.56 Å². The Bertz CT molecular complexity index is 1530. The monoisotopic (exact) mass is 533 g/mol. The van der Waals surface area contributed by atoms with Gasteiger partial charge in [0.1, 0.15) is 17.2 Å². The predicted octanol–water partition coefficient (Wildman–Crippen LogP) is 3.03. The van der Waals surface area contributed by atoms with E-state index in [9.17, 15) is 14.9 Å². The van der Waals surface area contributed by atoms with Crippen molar-refractivity contribution >= 4 is 39.3 Å². The normalized spacial score (nSPS) is 20.1. The van der Waals surface area contributed by atoms with Crippen molar-refractivity contribution < 1.29 is 9.53 Å². The first-order valence-electron chi connectivity index (χ1n) is 10.5. The molecule has 3 aromatic rings. The summed E-state index contributed by atoms with van der Waals surface area (Å²) in [6, 6.07) is 17.0. The van der Waals surface area contributed by atoms with Crippen molar-refractivity contribution in [1.82, 2.24) is 9.55 Å². The van der Waals surface area contributed by atoms with Crippen LogP contribution in [0.25, 0.3) is 0 Å². The lowest BCUT2D eigenvalue weighted by molar-refractivity contribution is -0.121. The van der Waals surface area contributed by atoms with Gasteiger partial charge in [-0.25, -0.2) is 0 Å². The zero-order valence-corrected chi connectivity index (χ0v) is 20.0. The second-order valence-corrected chi connectivity index (χ2v) is 10.1. The fraction of sp³-hybridized carbons (Fsp3) is 0.167. The van der Waals surface area contributed by atoms with E-state index in [1.807, 2.05) is 42.5 Å². The predicted molar refractivity (Wildman–Crippen MR) is 129 cm³/mol. The van der Waals surface area contributed by atoms with Crippen LogP contribution in [0.3, 0.4) is 0 Å². The minimum Gasteiger partial charge on any atom is -0.421 e. The van der Waals surface area contributed by atoms with Crippen molar-refractivity contribution in [2.75, 3.05) is 10.7 Å². The summed E-state index contributed by atoms with van der Waals surface area (Å²) < 4.78 is 7.93. The van der Waals surface area contributed by atoms with E-state index in [2.05, 4.69) is 27.0 Å². The molecule has 3 aliphatic rings. The largest absolute Gasteiger partial charge is 0.421 e. The molecule has 10 heteroatoms. The average Bonchev–Trinajstić information content (AvgIpc) is 3.38. The first-order chi connectivity index (χ1) is 16.5. The Morgan fingerprint density at radius 3 is 2.79 bits per heavy atom. The summed E-state index contributed by atoms with van der Waals surface area (Å²) in [5, 5.41) is 10.7. The fourth-order valence-corrected chi connectivity index (χ4v) is 6.22. The maximum absolute atomic E-state index is 14.4. The minimum atomic E-state index is -1.75. The molecule has 0 saturated carbocycles. The van der Waals surface area contributed by atoms with Crippen LogP contribution in [0.1, 0.15) is 16.7 Å². The number of nitriles is 1. The molecule has 1 unspecified atom stereocenters. The molecule has 168 valence electrons. The Morgan fingerprint density at radius 2 is 2.03 bits per heavy atom. The summed E-state index contributed by atoms with van der Waals surface area (Å²) in [5.74, 6) is -0.000179. The zero-order valence-electron chi connectivity index (χ0n) is 17.6. The highest BCUT2D eigenvalue weighted by Crippen LogP contribution is 2.54. The lowest BCUT2D eigenvalue weighted by Gasteiger charge is -2.33. The van der Waals surface area contributed by atoms with Gasteiger partial charge in [0.2, 0.25) is 17.7 Å². The first kappa shape index (κ1) is 21.0. The number of nitrogens with zero attached hydrogens (tertiary/aromatic N) is 4. The van der Waals surface area contributed by atoms with Crippen LogP contribution in [0.4, 0.5) is 5.69 Å². The van der Waals surface area contributed by atoms with Crippen molar-refractivity contribution in [3.8, 4) is 11.9 Å². The van der Waals surface area contributed by atoms with Gasteiger partial charge < -0.3 is 15.4 Å². The molecule has 2 N–H and O–H groups in total. The van der Waals surface area contributed by atoms with Crippen LogP contribution in [0.2, 0.25) is 0 Å². The lowest BCUT2D eigenvalue weighted by Crippen LogP contribution is -2.50. The van der Waals surface area contributed by atoms with E-state index in [0.717, 1.165) is 5.56 Å². The number of anilines is 1. The molecule has 0 aliphatic carbocycles. The number of ether oxygens (including phenoxy) is 1. The molecule has 4 heterocycles. The van der Waals surface area contributed by atoms with Crippen molar-refractivity contribution in [3.63, 3.8) is 0 Å². The molecule has 1 amide bonds. The third-order valence-corrected chi connectivity index (χ3v) is 7.81. The molecule has 6 rings (SSSR count). The third kappa shape index (κ3) is 2.68. The Kier molecular flexibility index (Phi) is 4.62. The smallest absolute Gasteiger partial charge is 0.263 e. The fourth-order valence-electron chi connectivity index (χ4n) is 4.93.